The second-order valence-corrected chi connectivity index (χ2v) is 10.6. The molecule has 206 valence electrons. The zero-order valence-corrected chi connectivity index (χ0v) is 23.8. The van der Waals surface area contributed by atoms with Crippen molar-refractivity contribution in [3.63, 3.8) is 0 Å². The molecule has 39 heavy (non-hydrogen) atoms. The van der Waals surface area contributed by atoms with E-state index in [9.17, 15) is 20.4 Å². The van der Waals surface area contributed by atoms with Gasteiger partial charge >= 0.3 is 0 Å². The molecule has 1 amide bonds. The van der Waals surface area contributed by atoms with Gasteiger partial charge in [0.1, 0.15) is 18.0 Å². The van der Waals surface area contributed by atoms with E-state index in [1.54, 1.807) is 0 Å². The fourth-order valence-electron chi connectivity index (χ4n) is 5.29. The van der Waals surface area contributed by atoms with Gasteiger partial charge in [-0.15, -0.1) is 0 Å². The molecular formula is C31H40N6O2. The van der Waals surface area contributed by atoms with Crippen LogP contribution in [0.2, 0.25) is 0 Å². The Morgan fingerprint density at radius 1 is 1.03 bits per heavy atom. The zero-order chi connectivity index (χ0) is 28.5. The number of nitrogens with zero attached hydrogens (tertiary/aromatic N) is 6. The van der Waals surface area contributed by atoms with E-state index in [1.807, 2.05) is 59.9 Å². The fraction of sp³-hybridized carbons (Fsp3) is 0.452. The zero-order valence-electron chi connectivity index (χ0n) is 23.8. The van der Waals surface area contributed by atoms with Crippen LogP contribution in [0.25, 0.3) is 0 Å². The molecule has 1 aliphatic heterocycles. The average molecular weight is 529 g/mol. The van der Waals surface area contributed by atoms with Gasteiger partial charge in [0.05, 0.1) is 6.61 Å². The number of carbonyl (C=O) groups excluding carboxylic acids is 1. The number of allylic oxidation sites excluding steroid dienone is 1. The number of rotatable bonds is 11. The highest BCUT2D eigenvalue weighted by atomic mass is 16.3. The molecule has 2 aromatic rings. The third kappa shape index (κ3) is 7.83. The van der Waals surface area contributed by atoms with E-state index < -0.39 is 0 Å². The Morgan fingerprint density at radius 3 is 2.31 bits per heavy atom. The standard InChI is InChI=1S/C31H40N6O2/c1-23(2)37(29-8-6-7-26(18-29)21-34(5)13-14-38)30(39)9-10-35-11-12-36(31(35)28(19-32)20-33)22-27-16-24(3)15-25(4)17-27/h6-8,15-18,23,38H,9-14,21-22H2,1-5H3. The Kier molecular flexibility index (Phi) is 10.5. The fourth-order valence-corrected chi connectivity index (χ4v) is 5.29. The van der Waals surface area contributed by atoms with Gasteiger partial charge in [-0.1, -0.05) is 41.5 Å². The van der Waals surface area contributed by atoms with Crippen LogP contribution in [0.3, 0.4) is 0 Å². The lowest BCUT2D eigenvalue weighted by atomic mass is 10.1. The smallest absolute Gasteiger partial charge is 0.229 e. The maximum absolute atomic E-state index is 13.5. The van der Waals surface area contributed by atoms with Crippen molar-refractivity contribution in [2.24, 2.45) is 0 Å². The van der Waals surface area contributed by atoms with E-state index in [-0.39, 0.29) is 30.5 Å². The number of hydrogen-bond acceptors (Lipinski definition) is 7. The van der Waals surface area contributed by atoms with Crippen molar-refractivity contribution >= 4 is 11.6 Å². The molecule has 0 atom stereocenters. The van der Waals surface area contributed by atoms with Gasteiger partial charge in [0, 0.05) is 57.4 Å². The van der Waals surface area contributed by atoms with Crippen LogP contribution in [0.1, 0.15) is 42.5 Å². The molecule has 0 radical (unpaired) electrons. The molecule has 2 aromatic carbocycles. The van der Waals surface area contributed by atoms with E-state index in [4.69, 9.17) is 0 Å². The predicted octanol–water partition coefficient (Wildman–Crippen LogP) is 3.94. The van der Waals surface area contributed by atoms with Crippen LogP contribution in [-0.2, 0) is 17.9 Å². The normalized spacial score (nSPS) is 13.1. The van der Waals surface area contributed by atoms with Crippen LogP contribution in [0, 0.1) is 36.5 Å². The molecule has 0 aliphatic carbocycles. The number of carbonyl (C=O) groups is 1. The van der Waals surface area contributed by atoms with Crippen LogP contribution in [-0.4, -0.2) is 71.6 Å². The Morgan fingerprint density at radius 2 is 1.69 bits per heavy atom. The minimum atomic E-state index is -0.0358. The topological polar surface area (TPSA) is 97.8 Å². The van der Waals surface area contributed by atoms with Gasteiger partial charge in [0.2, 0.25) is 5.91 Å². The van der Waals surface area contributed by atoms with Crippen molar-refractivity contribution in [2.75, 3.05) is 44.7 Å². The molecule has 0 spiro atoms. The number of amides is 1. The molecule has 0 bridgehead atoms. The van der Waals surface area contributed by atoms with Gasteiger partial charge in [-0.05, 0) is 58.0 Å². The molecule has 1 aliphatic rings. The molecule has 0 unspecified atom stereocenters. The Bertz CT molecular complexity index is 1240. The summed E-state index contributed by atoms with van der Waals surface area (Å²) in [4.78, 5) is 21.5. The van der Waals surface area contributed by atoms with Crippen molar-refractivity contribution in [1.29, 1.82) is 10.5 Å². The summed E-state index contributed by atoms with van der Waals surface area (Å²) in [7, 11) is 1.95. The van der Waals surface area contributed by atoms with Crippen molar-refractivity contribution < 1.29 is 9.90 Å². The van der Waals surface area contributed by atoms with Crippen LogP contribution in [0.5, 0.6) is 0 Å². The predicted molar refractivity (Wildman–Crippen MR) is 153 cm³/mol. The summed E-state index contributed by atoms with van der Waals surface area (Å²) in [5, 5.41) is 28.6. The number of aliphatic hydroxyl groups is 1. The number of aryl methyl sites for hydroxylation is 2. The monoisotopic (exact) mass is 528 g/mol. The first-order valence-electron chi connectivity index (χ1n) is 13.5. The van der Waals surface area contributed by atoms with Gasteiger partial charge in [0.25, 0.3) is 0 Å². The van der Waals surface area contributed by atoms with E-state index in [0.29, 0.717) is 45.1 Å². The summed E-state index contributed by atoms with van der Waals surface area (Å²) in [5.74, 6) is 0.602. The summed E-state index contributed by atoms with van der Waals surface area (Å²) < 4.78 is 0. The van der Waals surface area contributed by atoms with Crippen molar-refractivity contribution in [1.82, 2.24) is 14.7 Å². The number of anilines is 1. The van der Waals surface area contributed by atoms with Crippen LogP contribution < -0.4 is 4.90 Å². The van der Waals surface area contributed by atoms with Gasteiger partial charge in [-0.2, -0.15) is 10.5 Å². The number of nitriles is 2. The van der Waals surface area contributed by atoms with Gasteiger partial charge in [-0.25, -0.2) is 0 Å². The molecule has 0 saturated carbocycles. The molecule has 1 fully saturated rings. The second kappa shape index (κ2) is 13.8. The molecule has 1 heterocycles. The Labute approximate surface area is 233 Å². The van der Waals surface area contributed by atoms with Gasteiger partial charge < -0.3 is 19.8 Å². The third-order valence-corrected chi connectivity index (χ3v) is 6.84. The lowest BCUT2D eigenvalue weighted by Crippen LogP contribution is -2.39. The SMILES string of the molecule is Cc1cc(C)cc(CN2CCN(CCC(=O)N(c3cccc(CN(C)CCO)c3)C(C)C)C2=C(C#N)C#N)c1. The van der Waals surface area contributed by atoms with E-state index in [1.165, 1.54) is 11.1 Å². The summed E-state index contributed by atoms with van der Waals surface area (Å²) in [6, 6.07) is 18.4. The average Bonchev–Trinajstić information content (AvgIpc) is 3.25. The van der Waals surface area contributed by atoms with Gasteiger partial charge in [0.15, 0.2) is 5.57 Å². The first-order chi connectivity index (χ1) is 18.7. The maximum Gasteiger partial charge on any atom is 0.229 e. The highest BCUT2D eigenvalue weighted by Crippen LogP contribution is 2.26. The van der Waals surface area contributed by atoms with Crippen molar-refractivity contribution in [3.8, 4) is 12.1 Å². The van der Waals surface area contributed by atoms with E-state index in [2.05, 4.69) is 49.1 Å². The highest BCUT2D eigenvalue weighted by molar-refractivity contribution is 5.94. The molecule has 8 nitrogen and oxygen atoms in total. The van der Waals surface area contributed by atoms with Crippen LogP contribution in [0.4, 0.5) is 5.69 Å². The number of hydrogen-bond donors (Lipinski definition) is 1. The maximum atomic E-state index is 13.5. The lowest BCUT2D eigenvalue weighted by molar-refractivity contribution is -0.119. The van der Waals surface area contributed by atoms with Crippen LogP contribution in [0.15, 0.2) is 53.9 Å². The summed E-state index contributed by atoms with van der Waals surface area (Å²) in [5.41, 5.74) is 5.47. The summed E-state index contributed by atoms with van der Waals surface area (Å²) in [6.45, 7) is 11.8. The third-order valence-electron chi connectivity index (χ3n) is 6.84. The molecule has 1 saturated heterocycles. The highest BCUT2D eigenvalue weighted by Gasteiger charge is 2.30. The largest absolute Gasteiger partial charge is 0.395 e. The molecule has 1 N–H and O–H groups in total. The van der Waals surface area contributed by atoms with Gasteiger partial charge in [-0.3, -0.25) is 9.69 Å². The Balaban J connectivity index is 1.76. The number of aliphatic hydroxyl groups excluding tert-OH is 1. The second-order valence-electron chi connectivity index (χ2n) is 10.6. The number of likely N-dealkylation sites (N-methyl/N-ethyl adjacent to an activating group) is 1. The Hall–Kier alpha value is -3.85. The first-order valence-corrected chi connectivity index (χ1v) is 13.5. The number of benzene rings is 2. The lowest BCUT2D eigenvalue weighted by Gasteiger charge is -2.29. The van der Waals surface area contributed by atoms with E-state index in [0.717, 1.165) is 16.8 Å². The minimum absolute atomic E-state index is 0.00608. The first kappa shape index (κ1) is 29.7. The molecule has 0 aromatic heterocycles. The molecule has 3 rings (SSSR count). The molecular weight excluding hydrogens is 488 g/mol. The minimum Gasteiger partial charge on any atom is -0.395 e. The summed E-state index contributed by atoms with van der Waals surface area (Å²) in [6.07, 6.45) is 0.262. The van der Waals surface area contributed by atoms with E-state index >= 15 is 0 Å². The van der Waals surface area contributed by atoms with Crippen molar-refractivity contribution in [2.45, 2.75) is 53.2 Å². The van der Waals surface area contributed by atoms with Crippen LogP contribution >= 0.6 is 0 Å². The summed E-state index contributed by atoms with van der Waals surface area (Å²) >= 11 is 0. The quantitative estimate of drug-likeness (QED) is 0.441. The molecule has 8 heteroatoms. The van der Waals surface area contributed by atoms with Crippen molar-refractivity contribution in [3.05, 3.63) is 76.1 Å².